The quantitative estimate of drug-likeness (QED) is 0.812. The SMILES string of the molecule is CCCCc1nc(Cl)c(CNCc2ccc(F)cc2F)[nH]1. The summed E-state index contributed by atoms with van der Waals surface area (Å²) in [5.74, 6) is -0.262. The van der Waals surface area contributed by atoms with E-state index in [1.807, 2.05) is 0 Å². The number of nitrogens with one attached hydrogen (secondary N) is 2. The lowest BCUT2D eigenvalue weighted by Crippen LogP contribution is -2.14. The molecule has 2 aromatic rings. The summed E-state index contributed by atoms with van der Waals surface area (Å²) in [5, 5.41) is 3.51. The first-order valence-corrected chi connectivity index (χ1v) is 7.36. The second-order valence-electron chi connectivity index (χ2n) is 4.90. The van der Waals surface area contributed by atoms with Gasteiger partial charge in [0.1, 0.15) is 17.5 Å². The van der Waals surface area contributed by atoms with Crippen LogP contribution < -0.4 is 5.32 Å². The van der Waals surface area contributed by atoms with E-state index in [0.717, 1.165) is 36.8 Å². The first kappa shape index (κ1) is 15.9. The zero-order valence-corrected chi connectivity index (χ0v) is 12.6. The first-order chi connectivity index (χ1) is 10.1. The van der Waals surface area contributed by atoms with E-state index in [0.29, 0.717) is 23.8 Å². The van der Waals surface area contributed by atoms with Crippen LogP contribution in [0.25, 0.3) is 0 Å². The van der Waals surface area contributed by atoms with Crippen LogP contribution in [0.15, 0.2) is 18.2 Å². The topological polar surface area (TPSA) is 40.7 Å². The van der Waals surface area contributed by atoms with E-state index in [2.05, 4.69) is 22.2 Å². The van der Waals surface area contributed by atoms with Crippen molar-refractivity contribution < 1.29 is 8.78 Å². The standard InChI is InChI=1S/C15H18ClF2N3/c1-2-3-4-14-20-13(15(16)21-14)9-19-8-10-5-6-11(17)7-12(10)18/h5-7,19H,2-4,8-9H2,1H3,(H,20,21). The van der Waals surface area contributed by atoms with Gasteiger partial charge in [-0.2, -0.15) is 0 Å². The van der Waals surface area contributed by atoms with Crippen molar-refractivity contribution in [1.82, 2.24) is 15.3 Å². The molecule has 6 heteroatoms. The van der Waals surface area contributed by atoms with Crippen LogP contribution in [0.5, 0.6) is 0 Å². The van der Waals surface area contributed by atoms with Crippen LogP contribution in [0.2, 0.25) is 5.15 Å². The van der Waals surface area contributed by atoms with Crippen molar-refractivity contribution in [1.29, 1.82) is 0 Å². The average molecular weight is 314 g/mol. The number of H-pyrrole nitrogens is 1. The Kier molecular flexibility index (Phi) is 5.70. The van der Waals surface area contributed by atoms with Crippen LogP contribution in [0.3, 0.4) is 0 Å². The van der Waals surface area contributed by atoms with Crippen LogP contribution in [0, 0.1) is 11.6 Å². The minimum atomic E-state index is -0.576. The van der Waals surface area contributed by atoms with Gasteiger partial charge in [-0.15, -0.1) is 0 Å². The minimum absolute atomic E-state index is 0.297. The molecule has 21 heavy (non-hydrogen) atoms. The molecule has 0 unspecified atom stereocenters. The Morgan fingerprint density at radius 3 is 2.81 bits per heavy atom. The van der Waals surface area contributed by atoms with Gasteiger partial charge in [0.05, 0.1) is 5.69 Å². The number of halogens is 3. The van der Waals surface area contributed by atoms with Crippen molar-refractivity contribution in [3.63, 3.8) is 0 Å². The number of hydrogen-bond donors (Lipinski definition) is 2. The molecule has 0 aliphatic heterocycles. The fourth-order valence-electron chi connectivity index (χ4n) is 2.01. The Bertz CT molecular complexity index is 599. The molecule has 1 aromatic carbocycles. The third kappa shape index (κ3) is 4.51. The molecule has 2 N–H and O–H groups in total. The highest BCUT2D eigenvalue weighted by Crippen LogP contribution is 2.15. The van der Waals surface area contributed by atoms with Gasteiger partial charge in [-0.05, 0) is 12.5 Å². The molecule has 0 atom stereocenters. The van der Waals surface area contributed by atoms with Crippen LogP contribution in [-0.4, -0.2) is 9.97 Å². The molecule has 0 bridgehead atoms. The maximum absolute atomic E-state index is 13.5. The molecule has 3 nitrogen and oxygen atoms in total. The van der Waals surface area contributed by atoms with Gasteiger partial charge in [0.25, 0.3) is 0 Å². The van der Waals surface area contributed by atoms with E-state index in [-0.39, 0.29) is 0 Å². The monoisotopic (exact) mass is 313 g/mol. The molecule has 0 saturated heterocycles. The summed E-state index contributed by atoms with van der Waals surface area (Å²) in [6, 6.07) is 3.55. The number of unbranched alkanes of at least 4 members (excludes halogenated alkanes) is 1. The summed E-state index contributed by atoms with van der Waals surface area (Å²) in [6.07, 6.45) is 3.01. The number of hydrogen-bond acceptors (Lipinski definition) is 2. The van der Waals surface area contributed by atoms with Gasteiger partial charge in [-0.25, -0.2) is 13.8 Å². The van der Waals surface area contributed by atoms with Gasteiger partial charge < -0.3 is 10.3 Å². The highest BCUT2D eigenvalue weighted by molar-refractivity contribution is 6.30. The van der Waals surface area contributed by atoms with E-state index >= 15 is 0 Å². The normalized spacial score (nSPS) is 11.0. The van der Waals surface area contributed by atoms with Gasteiger partial charge in [0.15, 0.2) is 5.15 Å². The Morgan fingerprint density at radius 2 is 2.10 bits per heavy atom. The highest BCUT2D eigenvalue weighted by Gasteiger charge is 2.08. The molecule has 114 valence electrons. The highest BCUT2D eigenvalue weighted by atomic mass is 35.5. The smallest absolute Gasteiger partial charge is 0.151 e. The summed E-state index contributed by atoms with van der Waals surface area (Å²) >= 11 is 6.05. The van der Waals surface area contributed by atoms with E-state index in [1.54, 1.807) is 0 Å². The maximum atomic E-state index is 13.5. The van der Waals surface area contributed by atoms with Crippen LogP contribution >= 0.6 is 11.6 Å². The van der Waals surface area contributed by atoms with E-state index in [4.69, 9.17) is 11.6 Å². The van der Waals surface area contributed by atoms with Gasteiger partial charge >= 0.3 is 0 Å². The number of nitrogens with zero attached hydrogens (tertiary/aromatic N) is 1. The lowest BCUT2D eigenvalue weighted by molar-refractivity contribution is 0.559. The van der Waals surface area contributed by atoms with Crippen molar-refractivity contribution in [2.24, 2.45) is 0 Å². The second-order valence-corrected chi connectivity index (χ2v) is 5.25. The third-order valence-electron chi connectivity index (χ3n) is 3.18. The Labute approximate surface area is 127 Å². The minimum Gasteiger partial charge on any atom is -0.344 e. The van der Waals surface area contributed by atoms with E-state index in [9.17, 15) is 8.78 Å². The Balaban J connectivity index is 1.89. The molecular weight excluding hydrogens is 296 g/mol. The van der Waals surface area contributed by atoms with Crippen molar-refractivity contribution in [2.45, 2.75) is 39.3 Å². The lowest BCUT2D eigenvalue weighted by atomic mass is 10.2. The molecule has 0 spiro atoms. The number of rotatable bonds is 7. The number of aromatic amines is 1. The molecule has 0 saturated carbocycles. The van der Waals surface area contributed by atoms with Crippen molar-refractivity contribution in [3.8, 4) is 0 Å². The number of benzene rings is 1. The average Bonchev–Trinajstić information content (AvgIpc) is 2.79. The van der Waals surface area contributed by atoms with Crippen molar-refractivity contribution >= 4 is 11.6 Å². The van der Waals surface area contributed by atoms with E-state index < -0.39 is 11.6 Å². The molecule has 0 amide bonds. The summed E-state index contributed by atoms with van der Waals surface area (Å²) in [5.41, 5.74) is 1.20. The first-order valence-electron chi connectivity index (χ1n) is 6.98. The summed E-state index contributed by atoms with van der Waals surface area (Å²) in [4.78, 5) is 7.42. The van der Waals surface area contributed by atoms with Crippen LogP contribution in [0.1, 0.15) is 36.8 Å². The van der Waals surface area contributed by atoms with Gasteiger partial charge in [-0.1, -0.05) is 31.0 Å². The maximum Gasteiger partial charge on any atom is 0.151 e. The predicted molar refractivity (Wildman–Crippen MR) is 79.1 cm³/mol. The molecule has 1 heterocycles. The lowest BCUT2D eigenvalue weighted by Gasteiger charge is -2.05. The van der Waals surface area contributed by atoms with E-state index in [1.165, 1.54) is 12.1 Å². The van der Waals surface area contributed by atoms with Crippen LogP contribution in [0.4, 0.5) is 8.78 Å². The fraction of sp³-hybridized carbons (Fsp3) is 0.400. The molecule has 0 radical (unpaired) electrons. The molecule has 0 fully saturated rings. The Hall–Kier alpha value is -1.46. The predicted octanol–water partition coefficient (Wildman–Crippen LogP) is 3.97. The zero-order chi connectivity index (χ0) is 15.2. The third-order valence-corrected chi connectivity index (χ3v) is 3.49. The molecule has 0 aliphatic rings. The number of aryl methyl sites for hydroxylation is 1. The second kappa shape index (κ2) is 7.52. The van der Waals surface area contributed by atoms with Gasteiger partial charge in [0, 0.05) is 31.1 Å². The van der Waals surface area contributed by atoms with Crippen LogP contribution in [-0.2, 0) is 19.5 Å². The zero-order valence-electron chi connectivity index (χ0n) is 11.8. The summed E-state index contributed by atoms with van der Waals surface area (Å²) < 4.78 is 26.3. The Morgan fingerprint density at radius 1 is 1.29 bits per heavy atom. The van der Waals surface area contributed by atoms with Crippen molar-refractivity contribution in [3.05, 3.63) is 52.1 Å². The number of imidazole rings is 1. The largest absolute Gasteiger partial charge is 0.344 e. The summed E-state index contributed by atoms with van der Waals surface area (Å²) in [6.45, 7) is 2.87. The fourth-order valence-corrected chi connectivity index (χ4v) is 2.22. The molecule has 1 aromatic heterocycles. The molecular formula is C15H18ClF2N3. The number of aromatic nitrogens is 2. The van der Waals surface area contributed by atoms with Gasteiger partial charge in [0.2, 0.25) is 0 Å². The molecule has 2 rings (SSSR count). The van der Waals surface area contributed by atoms with Crippen molar-refractivity contribution in [2.75, 3.05) is 0 Å². The van der Waals surface area contributed by atoms with Gasteiger partial charge in [-0.3, -0.25) is 0 Å². The summed E-state index contributed by atoms with van der Waals surface area (Å²) in [7, 11) is 0. The molecule has 0 aliphatic carbocycles.